The Hall–Kier alpha value is -1.17. The van der Waals surface area contributed by atoms with Gasteiger partial charge in [0, 0.05) is 5.39 Å². The minimum absolute atomic E-state index is 0.0156. The molecule has 6 heteroatoms. The number of nitrogens with two attached hydrogens (primary N) is 1. The van der Waals surface area contributed by atoms with Crippen LogP contribution in [0.1, 0.15) is 0 Å². The molecule has 1 aromatic carbocycles. The summed E-state index contributed by atoms with van der Waals surface area (Å²) in [6, 6.07) is 1.38. The zero-order valence-electron chi connectivity index (χ0n) is 6.24. The van der Waals surface area contributed by atoms with Gasteiger partial charge < -0.3 is 5.73 Å². The monoisotopic (exact) mass is 247 g/mol. The highest BCUT2D eigenvalue weighted by Gasteiger charge is 2.15. The fraction of sp³-hybridized carbons (Fsp3) is 0. The topological polar surface area (TPSA) is 54.7 Å². The van der Waals surface area contributed by atoms with Crippen LogP contribution in [0.25, 0.3) is 10.9 Å². The van der Waals surface area contributed by atoms with Crippen molar-refractivity contribution in [3.63, 3.8) is 0 Å². The molecule has 0 radical (unpaired) electrons. The van der Waals surface area contributed by atoms with Gasteiger partial charge in [-0.2, -0.15) is 5.10 Å². The van der Waals surface area contributed by atoms with Gasteiger partial charge in [-0.15, -0.1) is 0 Å². The Kier molecular flexibility index (Phi) is 1.73. The number of hydrogen-bond donors (Lipinski definition) is 2. The van der Waals surface area contributed by atoms with Crippen LogP contribution in [-0.4, -0.2) is 10.2 Å². The summed E-state index contributed by atoms with van der Waals surface area (Å²) in [5, 5.41) is 6.24. The second-order valence-corrected chi connectivity index (χ2v) is 3.37. The minimum Gasteiger partial charge on any atom is -0.382 e. The number of rotatable bonds is 0. The Morgan fingerprint density at radius 1 is 1.38 bits per heavy atom. The number of hydrogen-bond acceptors (Lipinski definition) is 2. The van der Waals surface area contributed by atoms with Crippen LogP contribution in [0.3, 0.4) is 0 Å². The number of nitrogens with zero attached hydrogens (tertiary/aromatic N) is 1. The third-order valence-corrected chi connectivity index (χ3v) is 2.30. The van der Waals surface area contributed by atoms with E-state index in [1.807, 2.05) is 0 Å². The SMILES string of the molecule is Nc1n[nH]c2c(F)c(F)c(Br)cc12. The van der Waals surface area contributed by atoms with E-state index in [0.717, 1.165) is 0 Å². The molecule has 0 spiro atoms. The van der Waals surface area contributed by atoms with Gasteiger partial charge >= 0.3 is 0 Å². The molecule has 2 aromatic rings. The maximum atomic E-state index is 13.1. The first-order valence-corrected chi connectivity index (χ1v) is 4.17. The van der Waals surface area contributed by atoms with Gasteiger partial charge in [-0.3, -0.25) is 5.10 Å². The van der Waals surface area contributed by atoms with Crippen molar-refractivity contribution in [2.75, 3.05) is 5.73 Å². The number of halogens is 3. The summed E-state index contributed by atoms with van der Waals surface area (Å²) in [5.41, 5.74) is 5.40. The number of nitrogen functional groups attached to an aromatic ring is 1. The molecule has 3 nitrogen and oxygen atoms in total. The minimum atomic E-state index is -0.978. The summed E-state index contributed by atoms with van der Waals surface area (Å²) < 4.78 is 26.1. The van der Waals surface area contributed by atoms with Gasteiger partial charge in [0.1, 0.15) is 5.52 Å². The third kappa shape index (κ3) is 1.09. The summed E-state index contributed by atoms with van der Waals surface area (Å²) in [4.78, 5) is 0. The van der Waals surface area contributed by atoms with Gasteiger partial charge in [-0.05, 0) is 22.0 Å². The van der Waals surface area contributed by atoms with Gasteiger partial charge in [-0.1, -0.05) is 0 Å². The van der Waals surface area contributed by atoms with Crippen LogP contribution in [0.2, 0.25) is 0 Å². The number of aromatic nitrogens is 2. The van der Waals surface area contributed by atoms with Crippen molar-refractivity contribution in [1.29, 1.82) is 0 Å². The molecule has 0 aliphatic rings. The van der Waals surface area contributed by atoms with Gasteiger partial charge in [0.15, 0.2) is 17.5 Å². The van der Waals surface area contributed by atoms with Crippen molar-refractivity contribution in [3.8, 4) is 0 Å². The van der Waals surface area contributed by atoms with Crippen LogP contribution in [-0.2, 0) is 0 Å². The van der Waals surface area contributed by atoms with Crippen LogP contribution in [0.4, 0.5) is 14.6 Å². The lowest BCUT2D eigenvalue weighted by molar-refractivity contribution is 0.511. The molecular weight excluding hydrogens is 244 g/mol. The predicted molar refractivity (Wildman–Crippen MR) is 48.1 cm³/mol. The number of fused-ring (bicyclic) bond motifs is 1. The second-order valence-electron chi connectivity index (χ2n) is 2.52. The Balaban J connectivity index is 2.96. The number of aromatic amines is 1. The number of benzene rings is 1. The highest BCUT2D eigenvalue weighted by molar-refractivity contribution is 9.10. The highest BCUT2D eigenvalue weighted by Crippen LogP contribution is 2.28. The van der Waals surface area contributed by atoms with Crippen LogP contribution in [0.5, 0.6) is 0 Å². The lowest BCUT2D eigenvalue weighted by Crippen LogP contribution is -1.88. The first kappa shape index (κ1) is 8.43. The molecule has 0 fully saturated rings. The van der Waals surface area contributed by atoms with Gasteiger partial charge in [0.2, 0.25) is 0 Å². The zero-order chi connectivity index (χ0) is 9.59. The smallest absolute Gasteiger partial charge is 0.185 e. The van der Waals surface area contributed by atoms with Crippen LogP contribution < -0.4 is 5.73 Å². The van der Waals surface area contributed by atoms with Crippen molar-refractivity contribution < 1.29 is 8.78 Å². The fourth-order valence-corrected chi connectivity index (χ4v) is 1.49. The lowest BCUT2D eigenvalue weighted by atomic mass is 10.2. The molecular formula is C7H4BrF2N3. The molecule has 0 amide bonds. The van der Waals surface area contributed by atoms with E-state index in [2.05, 4.69) is 26.1 Å². The second kappa shape index (κ2) is 2.66. The van der Waals surface area contributed by atoms with Gasteiger partial charge in [0.25, 0.3) is 0 Å². The average molecular weight is 248 g/mol. The molecule has 0 atom stereocenters. The zero-order valence-corrected chi connectivity index (χ0v) is 7.82. The molecule has 0 bridgehead atoms. The fourth-order valence-electron chi connectivity index (χ4n) is 1.08. The molecule has 68 valence electrons. The maximum Gasteiger partial charge on any atom is 0.185 e. The van der Waals surface area contributed by atoms with E-state index in [9.17, 15) is 8.78 Å². The van der Waals surface area contributed by atoms with Crippen molar-refractivity contribution in [2.45, 2.75) is 0 Å². The molecule has 0 saturated carbocycles. The molecule has 0 unspecified atom stereocenters. The maximum absolute atomic E-state index is 13.1. The molecule has 13 heavy (non-hydrogen) atoms. The molecule has 3 N–H and O–H groups in total. The van der Waals surface area contributed by atoms with E-state index in [1.165, 1.54) is 6.07 Å². The largest absolute Gasteiger partial charge is 0.382 e. The molecule has 2 rings (SSSR count). The summed E-state index contributed by atoms with van der Waals surface area (Å²) in [7, 11) is 0. The predicted octanol–water partition coefficient (Wildman–Crippen LogP) is 2.19. The molecule has 1 aromatic heterocycles. The average Bonchev–Trinajstić information content (AvgIpc) is 2.45. The highest BCUT2D eigenvalue weighted by atomic mass is 79.9. The Labute approximate surface area is 80.0 Å². The van der Waals surface area contributed by atoms with E-state index in [0.29, 0.717) is 5.39 Å². The van der Waals surface area contributed by atoms with E-state index in [4.69, 9.17) is 5.73 Å². The number of H-pyrrole nitrogens is 1. The summed E-state index contributed by atoms with van der Waals surface area (Å²) in [5.74, 6) is -1.78. The van der Waals surface area contributed by atoms with Crippen molar-refractivity contribution >= 4 is 32.7 Å². The number of nitrogens with one attached hydrogen (secondary N) is 1. The Morgan fingerprint density at radius 2 is 2.08 bits per heavy atom. The molecule has 0 saturated heterocycles. The summed E-state index contributed by atoms with van der Waals surface area (Å²) in [6.07, 6.45) is 0. The van der Waals surface area contributed by atoms with E-state index in [1.54, 1.807) is 0 Å². The lowest BCUT2D eigenvalue weighted by Gasteiger charge is -1.97. The summed E-state index contributed by atoms with van der Waals surface area (Å²) in [6.45, 7) is 0. The number of anilines is 1. The van der Waals surface area contributed by atoms with E-state index >= 15 is 0 Å². The van der Waals surface area contributed by atoms with Crippen LogP contribution in [0, 0.1) is 11.6 Å². The Bertz CT molecular complexity index is 480. The first-order chi connectivity index (χ1) is 6.11. The third-order valence-electron chi connectivity index (χ3n) is 1.73. The van der Waals surface area contributed by atoms with Crippen LogP contribution >= 0.6 is 15.9 Å². The normalized spacial score (nSPS) is 11.0. The molecule has 1 heterocycles. The summed E-state index contributed by atoms with van der Waals surface area (Å²) >= 11 is 2.87. The van der Waals surface area contributed by atoms with E-state index < -0.39 is 11.6 Å². The van der Waals surface area contributed by atoms with Gasteiger partial charge in [0.05, 0.1) is 4.47 Å². The quantitative estimate of drug-likeness (QED) is 0.702. The Morgan fingerprint density at radius 3 is 2.77 bits per heavy atom. The van der Waals surface area contributed by atoms with Gasteiger partial charge in [-0.25, -0.2) is 8.78 Å². The molecule has 0 aliphatic heterocycles. The first-order valence-electron chi connectivity index (χ1n) is 3.38. The van der Waals surface area contributed by atoms with E-state index in [-0.39, 0.29) is 15.8 Å². The standard InChI is InChI=1S/C7H4BrF2N3/c8-3-1-2-6(5(10)4(3)9)12-13-7(2)11/h1H,(H3,11,12,13). The molecule has 0 aliphatic carbocycles. The van der Waals surface area contributed by atoms with Crippen molar-refractivity contribution in [2.24, 2.45) is 0 Å². The van der Waals surface area contributed by atoms with Crippen LogP contribution in [0.15, 0.2) is 10.5 Å². The van der Waals surface area contributed by atoms with Crippen molar-refractivity contribution in [1.82, 2.24) is 10.2 Å². The van der Waals surface area contributed by atoms with Crippen molar-refractivity contribution in [3.05, 3.63) is 22.2 Å².